The molecule has 3 N–H and O–H groups in total. The fourth-order valence-electron chi connectivity index (χ4n) is 0.955. The minimum absolute atomic E-state index is 0.236. The molecule has 15 heavy (non-hydrogen) atoms. The fourth-order valence-corrected chi connectivity index (χ4v) is 0.955. The van der Waals surface area contributed by atoms with Crippen molar-refractivity contribution in [1.29, 1.82) is 0 Å². The summed E-state index contributed by atoms with van der Waals surface area (Å²) in [5, 5.41) is 3.11. The Morgan fingerprint density at radius 2 is 1.93 bits per heavy atom. The summed E-state index contributed by atoms with van der Waals surface area (Å²) >= 11 is 0. The van der Waals surface area contributed by atoms with E-state index in [0.29, 0.717) is 17.8 Å². The molecule has 0 saturated heterocycles. The van der Waals surface area contributed by atoms with E-state index in [-0.39, 0.29) is 5.95 Å². The smallest absolute Gasteiger partial charge is 0.231 e. The van der Waals surface area contributed by atoms with Crippen LogP contribution in [-0.4, -0.2) is 35.6 Å². The maximum absolute atomic E-state index is 5.57. The van der Waals surface area contributed by atoms with Gasteiger partial charge in [0.2, 0.25) is 17.8 Å². The predicted molar refractivity (Wildman–Crippen MR) is 61.9 cm³/mol. The maximum atomic E-state index is 5.57. The molecule has 0 aliphatic heterocycles. The molecule has 0 bridgehead atoms. The molecule has 1 aromatic rings. The molecule has 0 radical (unpaired) electrons. The van der Waals surface area contributed by atoms with Gasteiger partial charge in [0.1, 0.15) is 0 Å². The van der Waals surface area contributed by atoms with Crippen LogP contribution in [0.2, 0.25) is 0 Å². The summed E-state index contributed by atoms with van der Waals surface area (Å²) in [6.45, 7) is 5.05. The van der Waals surface area contributed by atoms with Crippen LogP contribution in [0.5, 0.6) is 0 Å². The summed E-state index contributed by atoms with van der Waals surface area (Å²) in [5.74, 6) is 1.86. The molecule has 0 aliphatic carbocycles. The highest BCUT2D eigenvalue weighted by atomic mass is 15.3. The molecule has 0 aromatic carbocycles. The van der Waals surface area contributed by atoms with Gasteiger partial charge in [0, 0.05) is 20.6 Å². The number of nitrogens with two attached hydrogens (primary N) is 1. The Hall–Kier alpha value is -1.59. The number of nitrogens with zero attached hydrogens (tertiary/aromatic N) is 4. The molecule has 0 unspecified atom stereocenters. The lowest BCUT2D eigenvalue weighted by atomic mass is 10.2. The van der Waals surface area contributed by atoms with Crippen molar-refractivity contribution in [3.63, 3.8) is 0 Å². The van der Waals surface area contributed by atoms with Crippen molar-refractivity contribution >= 4 is 17.8 Å². The summed E-state index contributed by atoms with van der Waals surface area (Å²) in [5.41, 5.74) is 5.57. The summed E-state index contributed by atoms with van der Waals surface area (Å²) in [7, 11) is 3.72. The van der Waals surface area contributed by atoms with Crippen LogP contribution in [0.25, 0.3) is 0 Å². The molecule has 1 rings (SSSR count). The number of aromatic nitrogens is 3. The fraction of sp³-hybridized carbons (Fsp3) is 0.667. The second-order valence-electron chi connectivity index (χ2n) is 3.99. The number of nitrogens with one attached hydrogen (secondary N) is 1. The van der Waals surface area contributed by atoms with Crippen LogP contribution in [0.3, 0.4) is 0 Å². The largest absolute Gasteiger partial charge is 0.368 e. The Balaban J connectivity index is 2.79. The Morgan fingerprint density at radius 1 is 1.27 bits per heavy atom. The maximum Gasteiger partial charge on any atom is 0.231 e. The van der Waals surface area contributed by atoms with Crippen molar-refractivity contribution in [3.8, 4) is 0 Å². The van der Waals surface area contributed by atoms with Gasteiger partial charge in [-0.15, -0.1) is 0 Å². The lowest BCUT2D eigenvalue weighted by Crippen LogP contribution is -2.17. The first-order valence-electron chi connectivity index (χ1n) is 4.91. The van der Waals surface area contributed by atoms with E-state index in [1.807, 2.05) is 14.1 Å². The molecular weight excluding hydrogens is 192 g/mol. The molecule has 0 fully saturated rings. The summed E-state index contributed by atoms with van der Waals surface area (Å²) < 4.78 is 0. The second kappa shape index (κ2) is 4.77. The van der Waals surface area contributed by atoms with E-state index in [0.717, 1.165) is 6.54 Å². The first-order chi connectivity index (χ1) is 6.99. The Kier molecular flexibility index (Phi) is 3.65. The molecule has 0 atom stereocenters. The van der Waals surface area contributed by atoms with Crippen molar-refractivity contribution < 1.29 is 0 Å². The molecule has 0 amide bonds. The molecule has 1 heterocycles. The van der Waals surface area contributed by atoms with Gasteiger partial charge >= 0.3 is 0 Å². The van der Waals surface area contributed by atoms with Gasteiger partial charge < -0.3 is 16.0 Å². The lowest BCUT2D eigenvalue weighted by Gasteiger charge is -2.12. The third-order valence-electron chi connectivity index (χ3n) is 1.71. The average Bonchev–Trinajstić information content (AvgIpc) is 2.13. The molecule has 6 nitrogen and oxygen atoms in total. The molecule has 84 valence electrons. The van der Waals surface area contributed by atoms with Crippen molar-refractivity contribution in [2.45, 2.75) is 13.8 Å². The van der Waals surface area contributed by atoms with Crippen LogP contribution in [0.4, 0.5) is 17.8 Å². The molecule has 1 aromatic heterocycles. The van der Waals surface area contributed by atoms with Crippen LogP contribution in [0, 0.1) is 5.92 Å². The molecule has 0 aliphatic rings. The van der Waals surface area contributed by atoms with E-state index >= 15 is 0 Å². The second-order valence-corrected chi connectivity index (χ2v) is 3.99. The monoisotopic (exact) mass is 210 g/mol. The van der Waals surface area contributed by atoms with Gasteiger partial charge in [-0.3, -0.25) is 0 Å². The van der Waals surface area contributed by atoms with Crippen LogP contribution in [0.15, 0.2) is 0 Å². The van der Waals surface area contributed by atoms with Crippen molar-refractivity contribution in [2.24, 2.45) is 5.92 Å². The first-order valence-corrected chi connectivity index (χ1v) is 4.91. The number of anilines is 3. The SMILES string of the molecule is CC(C)CNc1nc(N)nc(N(C)C)n1. The third-order valence-corrected chi connectivity index (χ3v) is 1.71. The molecule has 0 spiro atoms. The number of nitrogen functional groups attached to an aromatic ring is 1. The van der Waals surface area contributed by atoms with Gasteiger partial charge in [0.25, 0.3) is 0 Å². The number of rotatable bonds is 4. The van der Waals surface area contributed by atoms with Gasteiger partial charge in [-0.25, -0.2) is 0 Å². The number of hydrogen-bond acceptors (Lipinski definition) is 6. The van der Waals surface area contributed by atoms with E-state index in [1.54, 1.807) is 4.90 Å². The van der Waals surface area contributed by atoms with Crippen molar-refractivity contribution in [2.75, 3.05) is 36.6 Å². The third kappa shape index (κ3) is 3.57. The minimum Gasteiger partial charge on any atom is -0.368 e. The van der Waals surface area contributed by atoms with Crippen LogP contribution < -0.4 is 16.0 Å². The van der Waals surface area contributed by atoms with Crippen molar-refractivity contribution in [3.05, 3.63) is 0 Å². The highest BCUT2D eigenvalue weighted by Gasteiger charge is 2.05. The molecular formula is C9H18N6. The van der Waals surface area contributed by atoms with Gasteiger partial charge in [-0.2, -0.15) is 15.0 Å². The molecule has 6 heteroatoms. The Bertz CT molecular complexity index is 322. The first kappa shape index (κ1) is 11.5. The van der Waals surface area contributed by atoms with Gasteiger partial charge in [0.15, 0.2) is 0 Å². The average molecular weight is 210 g/mol. The van der Waals surface area contributed by atoms with Gasteiger partial charge in [-0.1, -0.05) is 13.8 Å². The van der Waals surface area contributed by atoms with Crippen molar-refractivity contribution in [1.82, 2.24) is 15.0 Å². The lowest BCUT2D eigenvalue weighted by molar-refractivity contribution is 0.684. The van der Waals surface area contributed by atoms with Crippen LogP contribution >= 0.6 is 0 Å². The minimum atomic E-state index is 0.236. The Morgan fingerprint density at radius 3 is 2.47 bits per heavy atom. The Labute approximate surface area is 89.9 Å². The van der Waals surface area contributed by atoms with E-state index in [1.165, 1.54) is 0 Å². The van der Waals surface area contributed by atoms with Gasteiger partial charge in [0.05, 0.1) is 0 Å². The predicted octanol–water partition coefficient (Wildman–Crippen LogP) is 0.588. The van der Waals surface area contributed by atoms with E-state index in [2.05, 4.69) is 34.1 Å². The highest BCUT2D eigenvalue weighted by molar-refractivity contribution is 5.40. The van der Waals surface area contributed by atoms with E-state index < -0.39 is 0 Å². The molecule has 0 saturated carbocycles. The number of hydrogen-bond donors (Lipinski definition) is 2. The van der Waals surface area contributed by atoms with Crippen LogP contribution in [-0.2, 0) is 0 Å². The summed E-state index contributed by atoms with van der Waals surface area (Å²) in [4.78, 5) is 14.0. The normalized spacial score (nSPS) is 10.5. The zero-order valence-corrected chi connectivity index (χ0v) is 9.65. The topological polar surface area (TPSA) is 80.0 Å². The summed E-state index contributed by atoms with van der Waals surface area (Å²) in [6.07, 6.45) is 0. The van der Waals surface area contributed by atoms with E-state index in [4.69, 9.17) is 5.73 Å². The quantitative estimate of drug-likeness (QED) is 0.757. The standard InChI is InChI=1S/C9H18N6/c1-6(2)5-11-8-12-7(10)13-9(14-8)15(3)4/h6H,5H2,1-4H3,(H3,10,11,12,13,14). The summed E-state index contributed by atoms with van der Waals surface area (Å²) in [6, 6.07) is 0. The highest BCUT2D eigenvalue weighted by Crippen LogP contribution is 2.09. The zero-order chi connectivity index (χ0) is 11.4. The van der Waals surface area contributed by atoms with Gasteiger partial charge in [-0.05, 0) is 5.92 Å². The van der Waals surface area contributed by atoms with E-state index in [9.17, 15) is 0 Å². The van der Waals surface area contributed by atoms with Crippen LogP contribution in [0.1, 0.15) is 13.8 Å². The zero-order valence-electron chi connectivity index (χ0n) is 9.65.